The van der Waals surface area contributed by atoms with Crippen molar-refractivity contribution in [3.63, 3.8) is 0 Å². The van der Waals surface area contributed by atoms with Crippen LogP contribution in [0.15, 0.2) is 36.4 Å². The minimum Gasteiger partial charge on any atom is -0.493 e. The maximum atomic E-state index is 13.0. The summed E-state index contributed by atoms with van der Waals surface area (Å²) in [7, 11) is -0.218. The lowest BCUT2D eigenvalue weighted by Crippen LogP contribution is -2.39. The first-order chi connectivity index (χ1) is 16.6. The van der Waals surface area contributed by atoms with Crippen LogP contribution in [0.4, 0.5) is 11.4 Å². The van der Waals surface area contributed by atoms with E-state index in [0.717, 1.165) is 11.8 Å². The first-order valence-corrected chi connectivity index (χ1v) is 13.0. The molecule has 1 amide bonds. The van der Waals surface area contributed by atoms with Crippen LogP contribution < -0.4 is 24.8 Å². The predicted octanol–water partition coefficient (Wildman–Crippen LogP) is 2.81. The number of non-ortho nitro benzene ring substituents is 1. The van der Waals surface area contributed by atoms with Crippen LogP contribution in [0.5, 0.6) is 11.5 Å². The van der Waals surface area contributed by atoms with Crippen molar-refractivity contribution in [2.75, 3.05) is 25.8 Å². The van der Waals surface area contributed by atoms with Crippen LogP contribution in [0, 0.1) is 10.1 Å². The number of methoxy groups -OCH3 is 2. The molecule has 1 aliphatic carbocycles. The number of ether oxygens (including phenoxy) is 2. The summed E-state index contributed by atoms with van der Waals surface area (Å²) in [6.45, 7) is 0.184. The normalized spacial score (nSPS) is 17.9. The molecule has 1 aliphatic rings. The lowest BCUT2D eigenvalue weighted by atomic mass is 9.91. The highest BCUT2D eigenvalue weighted by atomic mass is 32.2. The smallest absolute Gasteiger partial charge is 0.270 e. The molecule has 0 aliphatic heterocycles. The SMILES string of the molecule is COc1ccc(CNC(=O)c2cc([N+](=O)[O-])ccc2N[C@H]2CC[C@H](NS(C)(=O)=O)CC2)cc1OC. The molecule has 0 radical (unpaired) electrons. The molecule has 0 bridgehead atoms. The van der Waals surface area contributed by atoms with Gasteiger partial charge in [0.2, 0.25) is 10.0 Å². The Labute approximate surface area is 204 Å². The van der Waals surface area contributed by atoms with E-state index in [1.807, 2.05) is 0 Å². The van der Waals surface area contributed by atoms with Gasteiger partial charge in [0.25, 0.3) is 11.6 Å². The van der Waals surface area contributed by atoms with Crippen molar-refractivity contribution in [3.05, 3.63) is 57.6 Å². The van der Waals surface area contributed by atoms with Crippen molar-refractivity contribution in [3.8, 4) is 11.5 Å². The Balaban J connectivity index is 1.71. The third kappa shape index (κ3) is 7.30. The van der Waals surface area contributed by atoms with E-state index in [2.05, 4.69) is 15.4 Å². The van der Waals surface area contributed by atoms with Gasteiger partial charge in [-0.2, -0.15) is 0 Å². The van der Waals surface area contributed by atoms with Crippen molar-refractivity contribution in [2.24, 2.45) is 0 Å². The summed E-state index contributed by atoms with van der Waals surface area (Å²) in [5, 5.41) is 17.4. The molecule has 0 unspecified atom stereocenters. The average molecular weight is 507 g/mol. The zero-order chi connectivity index (χ0) is 25.6. The molecular formula is C23H30N4O7S. The van der Waals surface area contributed by atoms with Crippen LogP contribution in [0.1, 0.15) is 41.6 Å². The fourth-order valence-electron chi connectivity index (χ4n) is 4.11. The number of nitrogens with one attached hydrogen (secondary N) is 3. The van der Waals surface area contributed by atoms with E-state index in [-0.39, 0.29) is 29.9 Å². The molecule has 12 heteroatoms. The van der Waals surface area contributed by atoms with Crippen molar-refractivity contribution in [1.29, 1.82) is 0 Å². The average Bonchev–Trinajstić information content (AvgIpc) is 2.82. The highest BCUT2D eigenvalue weighted by molar-refractivity contribution is 7.88. The fraction of sp³-hybridized carbons (Fsp3) is 0.435. The Bertz CT molecular complexity index is 1180. The minimum absolute atomic E-state index is 0.00599. The number of nitrogens with zero attached hydrogens (tertiary/aromatic N) is 1. The summed E-state index contributed by atoms with van der Waals surface area (Å²) in [4.78, 5) is 23.8. The summed E-state index contributed by atoms with van der Waals surface area (Å²) >= 11 is 0. The highest BCUT2D eigenvalue weighted by Gasteiger charge is 2.25. The van der Waals surface area contributed by atoms with Gasteiger partial charge in [0, 0.05) is 36.4 Å². The predicted molar refractivity (Wildman–Crippen MR) is 131 cm³/mol. The maximum Gasteiger partial charge on any atom is 0.270 e. The molecule has 0 heterocycles. The topological polar surface area (TPSA) is 149 Å². The second kappa shape index (κ2) is 11.4. The lowest BCUT2D eigenvalue weighted by Gasteiger charge is -2.30. The zero-order valence-corrected chi connectivity index (χ0v) is 20.7. The number of carbonyl (C=O) groups is 1. The maximum absolute atomic E-state index is 13.0. The van der Waals surface area contributed by atoms with E-state index in [9.17, 15) is 23.3 Å². The molecule has 190 valence electrons. The van der Waals surface area contributed by atoms with Crippen molar-refractivity contribution in [2.45, 2.75) is 44.3 Å². The van der Waals surface area contributed by atoms with E-state index in [4.69, 9.17) is 9.47 Å². The fourth-order valence-corrected chi connectivity index (χ4v) is 4.95. The van der Waals surface area contributed by atoms with Gasteiger partial charge in [0.1, 0.15) is 0 Å². The summed E-state index contributed by atoms with van der Waals surface area (Å²) in [5.41, 5.74) is 1.23. The molecule has 11 nitrogen and oxygen atoms in total. The number of hydrogen-bond donors (Lipinski definition) is 3. The number of sulfonamides is 1. The van der Waals surface area contributed by atoms with Gasteiger partial charge in [-0.05, 0) is 49.4 Å². The lowest BCUT2D eigenvalue weighted by molar-refractivity contribution is -0.384. The number of rotatable bonds is 10. The molecule has 0 atom stereocenters. The van der Waals surface area contributed by atoms with E-state index in [1.54, 1.807) is 18.2 Å². The van der Waals surface area contributed by atoms with Gasteiger partial charge in [-0.1, -0.05) is 6.07 Å². The van der Waals surface area contributed by atoms with Gasteiger partial charge in [-0.15, -0.1) is 0 Å². The van der Waals surface area contributed by atoms with Crippen LogP contribution in [0.2, 0.25) is 0 Å². The number of benzene rings is 2. The van der Waals surface area contributed by atoms with Gasteiger partial charge in [0.15, 0.2) is 11.5 Å². The van der Waals surface area contributed by atoms with Crippen molar-refractivity contribution in [1.82, 2.24) is 10.0 Å². The van der Waals surface area contributed by atoms with Crippen LogP contribution in [0.3, 0.4) is 0 Å². The Morgan fingerprint density at radius 2 is 1.69 bits per heavy atom. The van der Waals surface area contributed by atoms with E-state index in [0.29, 0.717) is 42.9 Å². The van der Waals surface area contributed by atoms with Gasteiger partial charge < -0.3 is 20.1 Å². The first kappa shape index (κ1) is 26.2. The largest absolute Gasteiger partial charge is 0.493 e. The quantitative estimate of drug-likeness (QED) is 0.329. The molecule has 3 N–H and O–H groups in total. The van der Waals surface area contributed by atoms with Crippen LogP contribution in [-0.2, 0) is 16.6 Å². The van der Waals surface area contributed by atoms with Gasteiger partial charge in [-0.25, -0.2) is 13.1 Å². The molecule has 3 rings (SSSR count). The number of nitro groups is 1. The Kier molecular flexibility index (Phi) is 8.52. The van der Waals surface area contributed by atoms with E-state index < -0.39 is 20.9 Å². The second-order valence-electron chi connectivity index (χ2n) is 8.44. The number of nitro benzene ring substituents is 1. The Morgan fingerprint density at radius 3 is 2.29 bits per heavy atom. The number of carbonyl (C=O) groups excluding carboxylic acids is 1. The molecule has 35 heavy (non-hydrogen) atoms. The standard InChI is InChI=1S/C23H30N4O7S/c1-33-21-11-4-15(12-22(21)34-2)14-24-23(28)19-13-18(27(29)30)9-10-20(19)25-16-5-7-17(8-6-16)26-35(3,31)32/h4,9-13,16-17,25-26H,5-8,14H2,1-3H3,(H,24,28)/t16-,17-. The molecule has 0 spiro atoms. The van der Waals surface area contributed by atoms with Crippen molar-refractivity contribution < 1.29 is 27.6 Å². The van der Waals surface area contributed by atoms with E-state index in [1.165, 1.54) is 32.4 Å². The Hall–Kier alpha value is -3.38. The molecule has 2 aromatic carbocycles. The third-order valence-corrected chi connectivity index (χ3v) is 6.59. The number of hydrogen-bond acceptors (Lipinski definition) is 8. The number of amides is 1. The highest BCUT2D eigenvalue weighted by Crippen LogP contribution is 2.29. The molecule has 1 fully saturated rings. The van der Waals surface area contributed by atoms with E-state index >= 15 is 0 Å². The third-order valence-electron chi connectivity index (χ3n) is 5.83. The molecule has 0 saturated heterocycles. The summed E-state index contributed by atoms with van der Waals surface area (Å²) < 4.78 is 36.1. The first-order valence-electron chi connectivity index (χ1n) is 11.1. The summed E-state index contributed by atoms with van der Waals surface area (Å²) in [6.07, 6.45) is 3.83. The van der Waals surface area contributed by atoms with Gasteiger partial charge >= 0.3 is 0 Å². The van der Waals surface area contributed by atoms with Gasteiger partial charge in [0.05, 0.1) is 31.0 Å². The molecular weight excluding hydrogens is 476 g/mol. The molecule has 2 aromatic rings. The minimum atomic E-state index is -3.27. The van der Waals surface area contributed by atoms with Crippen LogP contribution >= 0.6 is 0 Å². The second-order valence-corrected chi connectivity index (χ2v) is 10.2. The molecule has 1 saturated carbocycles. The summed E-state index contributed by atoms with van der Waals surface area (Å²) in [6, 6.07) is 9.29. The van der Waals surface area contributed by atoms with Crippen molar-refractivity contribution >= 4 is 27.3 Å². The Morgan fingerprint density at radius 1 is 1.03 bits per heavy atom. The van der Waals surface area contributed by atoms with Gasteiger partial charge in [-0.3, -0.25) is 14.9 Å². The zero-order valence-electron chi connectivity index (χ0n) is 19.9. The van der Waals surface area contributed by atoms with Crippen LogP contribution in [0.25, 0.3) is 0 Å². The van der Waals surface area contributed by atoms with Crippen LogP contribution in [-0.4, -0.2) is 51.8 Å². The monoisotopic (exact) mass is 506 g/mol. The number of anilines is 1. The summed E-state index contributed by atoms with van der Waals surface area (Å²) in [5.74, 6) is 0.630. The molecule has 0 aromatic heterocycles.